The smallest absolute Gasteiger partial charge is 0.252 e. The highest BCUT2D eigenvalue weighted by molar-refractivity contribution is 9.11. The Labute approximate surface area is 153 Å². The second-order valence-corrected chi connectivity index (χ2v) is 10.2. The van der Waals surface area contributed by atoms with Gasteiger partial charge in [0.05, 0.1) is 22.7 Å². The normalized spacial score (nSPS) is 18.7. The average molecular weight is 433 g/mol. The molecule has 3 rings (SSSR count). The van der Waals surface area contributed by atoms with E-state index in [9.17, 15) is 8.42 Å². The lowest BCUT2D eigenvalue weighted by molar-refractivity contribution is 0.206. The Morgan fingerprint density at radius 3 is 2.83 bits per heavy atom. The van der Waals surface area contributed by atoms with Crippen LogP contribution in [-0.4, -0.2) is 56.0 Å². The molecule has 0 amide bonds. The summed E-state index contributed by atoms with van der Waals surface area (Å²) < 4.78 is 33.6. The minimum absolute atomic E-state index is 0.227. The highest BCUT2D eigenvalue weighted by atomic mass is 79.9. The minimum atomic E-state index is -3.47. The van der Waals surface area contributed by atoms with Gasteiger partial charge in [0.1, 0.15) is 10.3 Å². The molecule has 2 aromatic heterocycles. The second-order valence-electron chi connectivity index (χ2n) is 5.56. The summed E-state index contributed by atoms with van der Waals surface area (Å²) >= 11 is 4.51. The summed E-state index contributed by atoms with van der Waals surface area (Å²) in [6.45, 7) is 0.745. The van der Waals surface area contributed by atoms with Crippen molar-refractivity contribution < 1.29 is 13.2 Å². The summed E-state index contributed by atoms with van der Waals surface area (Å²) in [6.07, 6.45) is 3.59. The number of halogens is 1. The standard InChI is InChI=1S/C14H17BrN4O3S2/c1-18(2)12-7-16-8-13(17-12)22-10-5-6-19(9-10)24(20,21)14-4-3-11(15)23-14/h3-4,7-8,10H,5-6,9H2,1-2H3. The molecule has 1 fully saturated rings. The van der Waals surface area contributed by atoms with Crippen LogP contribution in [-0.2, 0) is 10.0 Å². The van der Waals surface area contributed by atoms with Gasteiger partial charge in [0, 0.05) is 20.6 Å². The molecule has 0 aliphatic carbocycles. The number of aromatic nitrogens is 2. The summed E-state index contributed by atoms with van der Waals surface area (Å²) in [5.74, 6) is 1.10. The number of rotatable bonds is 5. The van der Waals surface area contributed by atoms with Gasteiger partial charge in [-0.25, -0.2) is 8.42 Å². The highest BCUT2D eigenvalue weighted by Crippen LogP contribution is 2.30. The third kappa shape index (κ3) is 3.71. The maximum atomic E-state index is 12.6. The third-order valence-corrected chi connectivity index (χ3v) is 7.55. The maximum Gasteiger partial charge on any atom is 0.252 e. The predicted molar refractivity (Wildman–Crippen MR) is 96.2 cm³/mol. The summed E-state index contributed by atoms with van der Waals surface area (Å²) in [4.78, 5) is 10.3. The second kappa shape index (κ2) is 6.95. The summed E-state index contributed by atoms with van der Waals surface area (Å²) in [5.41, 5.74) is 0. The molecule has 10 heteroatoms. The Balaban J connectivity index is 1.68. The predicted octanol–water partition coefficient (Wildman–Crippen LogP) is 2.21. The summed E-state index contributed by atoms with van der Waals surface area (Å²) in [5, 5.41) is 0. The molecule has 0 saturated carbocycles. The molecule has 0 aromatic carbocycles. The zero-order valence-electron chi connectivity index (χ0n) is 13.2. The van der Waals surface area contributed by atoms with Gasteiger partial charge < -0.3 is 9.64 Å². The van der Waals surface area contributed by atoms with Gasteiger partial charge in [-0.3, -0.25) is 4.98 Å². The number of ether oxygens (including phenoxy) is 1. The van der Waals surface area contributed by atoms with Crippen molar-refractivity contribution in [3.05, 3.63) is 28.3 Å². The molecule has 0 bridgehead atoms. The Bertz CT molecular complexity index is 825. The van der Waals surface area contributed by atoms with Crippen molar-refractivity contribution in [2.45, 2.75) is 16.7 Å². The number of sulfonamides is 1. The van der Waals surface area contributed by atoms with Crippen LogP contribution in [0.15, 0.2) is 32.5 Å². The fraction of sp³-hybridized carbons (Fsp3) is 0.429. The van der Waals surface area contributed by atoms with E-state index in [1.165, 1.54) is 15.6 Å². The van der Waals surface area contributed by atoms with Gasteiger partial charge in [-0.2, -0.15) is 9.29 Å². The quantitative estimate of drug-likeness (QED) is 0.720. The van der Waals surface area contributed by atoms with E-state index in [-0.39, 0.29) is 6.10 Å². The Morgan fingerprint density at radius 2 is 2.17 bits per heavy atom. The SMILES string of the molecule is CN(C)c1cncc(OC2CCN(S(=O)(=O)c3ccc(Br)s3)C2)n1. The molecule has 24 heavy (non-hydrogen) atoms. The molecule has 2 aromatic rings. The van der Waals surface area contributed by atoms with E-state index in [2.05, 4.69) is 25.9 Å². The molecule has 0 N–H and O–H groups in total. The third-order valence-electron chi connectivity index (χ3n) is 3.60. The molecule has 0 radical (unpaired) electrons. The Hall–Kier alpha value is -1.23. The van der Waals surface area contributed by atoms with Crippen molar-refractivity contribution in [3.8, 4) is 5.88 Å². The van der Waals surface area contributed by atoms with Gasteiger partial charge in [0.25, 0.3) is 10.0 Å². The first-order valence-corrected chi connectivity index (χ1v) is 10.3. The fourth-order valence-corrected chi connectivity index (χ4v) is 6.01. The Kier molecular flexibility index (Phi) is 5.09. The molecule has 1 unspecified atom stereocenters. The van der Waals surface area contributed by atoms with E-state index >= 15 is 0 Å². The number of hydrogen-bond donors (Lipinski definition) is 0. The van der Waals surface area contributed by atoms with Crippen LogP contribution in [0.5, 0.6) is 5.88 Å². The van der Waals surface area contributed by atoms with Crippen molar-refractivity contribution in [2.75, 3.05) is 32.1 Å². The molecule has 3 heterocycles. The van der Waals surface area contributed by atoms with Crippen molar-refractivity contribution in [1.82, 2.24) is 14.3 Å². The van der Waals surface area contributed by atoms with Crippen LogP contribution >= 0.6 is 27.3 Å². The van der Waals surface area contributed by atoms with Gasteiger partial charge >= 0.3 is 0 Å². The van der Waals surface area contributed by atoms with Crippen molar-refractivity contribution in [3.63, 3.8) is 0 Å². The van der Waals surface area contributed by atoms with Crippen LogP contribution in [0.1, 0.15) is 6.42 Å². The lowest BCUT2D eigenvalue weighted by atomic mass is 10.3. The van der Waals surface area contributed by atoms with E-state index in [1.807, 2.05) is 19.0 Å². The largest absolute Gasteiger partial charge is 0.472 e. The molecular weight excluding hydrogens is 416 g/mol. The lowest BCUT2D eigenvalue weighted by Gasteiger charge is -2.17. The average Bonchev–Trinajstić information content (AvgIpc) is 3.17. The molecule has 130 valence electrons. The van der Waals surface area contributed by atoms with Crippen LogP contribution < -0.4 is 9.64 Å². The van der Waals surface area contributed by atoms with E-state index < -0.39 is 10.0 Å². The molecule has 0 spiro atoms. The van der Waals surface area contributed by atoms with Crippen LogP contribution in [0.4, 0.5) is 5.82 Å². The van der Waals surface area contributed by atoms with Crippen molar-refractivity contribution in [2.24, 2.45) is 0 Å². The zero-order valence-corrected chi connectivity index (χ0v) is 16.4. The van der Waals surface area contributed by atoms with E-state index in [0.717, 1.165) is 3.79 Å². The van der Waals surface area contributed by atoms with E-state index in [1.54, 1.807) is 24.5 Å². The molecule has 1 aliphatic heterocycles. The Morgan fingerprint density at radius 1 is 1.38 bits per heavy atom. The maximum absolute atomic E-state index is 12.6. The van der Waals surface area contributed by atoms with Gasteiger partial charge in [-0.05, 0) is 34.5 Å². The monoisotopic (exact) mass is 432 g/mol. The van der Waals surface area contributed by atoms with Crippen LogP contribution in [0.3, 0.4) is 0 Å². The van der Waals surface area contributed by atoms with Gasteiger partial charge in [0.2, 0.25) is 5.88 Å². The first-order chi connectivity index (χ1) is 11.4. The van der Waals surface area contributed by atoms with Gasteiger partial charge in [-0.15, -0.1) is 11.3 Å². The summed E-state index contributed by atoms with van der Waals surface area (Å²) in [6, 6.07) is 3.36. The van der Waals surface area contributed by atoms with Crippen molar-refractivity contribution in [1.29, 1.82) is 0 Å². The number of anilines is 1. The summed E-state index contributed by atoms with van der Waals surface area (Å²) in [7, 11) is 0.277. The lowest BCUT2D eigenvalue weighted by Crippen LogP contribution is -2.30. The zero-order chi connectivity index (χ0) is 17.3. The topological polar surface area (TPSA) is 75.6 Å². The molecule has 1 saturated heterocycles. The van der Waals surface area contributed by atoms with E-state index in [4.69, 9.17) is 4.74 Å². The van der Waals surface area contributed by atoms with Crippen LogP contribution in [0.2, 0.25) is 0 Å². The van der Waals surface area contributed by atoms with Crippen LogP contribution in [0.25, 0.3) is 0 Å². The molecule has 1 atom stereocenters. The van der Waals surface area contributed by atoms with Crippen LogP contribution in [0, 0.1) is 0 Å². The number of thiophene rings is 1. The molecule has 1 aliphatic rings. The van der Waals surface area contributed by atoms with E-state index in [0.29, 0.717) is 35.4 Å². The van der Waals surface area contributed by atoms with Crippen molar-refractivity contribution >= 4 is 43.1 Å². The molecule has 7 nitrogen and oxygen atoms in total. The molecular formula is C14H17BrN4O3S2. The van der Waals surface area contributed by atoms with Gasteiger partial charge in [0.15, 0.2) is 5.82 Å². The number of hydrogen-bond acceptors (Lipinski definition) is 7. The fourth-order valence-electron chi connectivity index (χ4n) is 2.36. The first-order valence-electron chi connectivity index (χ1n) is 7.28. The minimum Gasteiger partial charge on any atom is -0.472 e. The van der Waals surface area contributed by atoms with Gasteiger partial charge in [-0.1, -0.05) is 0 Å². The highest BCUT2D eigenvalue weighted by Gasteiger charge is 2.34. The first kappa shape index (κ1) is 17.6. The number of nitrogens with zero attached hydrogens (tertiary/aromatic N) is 4.